The summed E-state index contributed by atoms with van der Waals surface area (Å²) in [4.78, 5) is 28.9. The van der Waals surface area contributed by atoms with Crippen LogP contribution in [0.2, 0.25) is 0 Å². The summed E-state index contributed by atoms with van der Waals surface area (Å²) < 4.78 is 4.87. The maximum atomic E-state index is 12.3. The minimum Gasteiger partial charge on any atom is -0.461 e. The van der Waals surface area contributed by atoms with Crippen LogP contribution in [-0.4, -0.2) is 29.2 Å². The van der Waals surface area contributed by atoms with Crippen molar-refractivity contribution in [2.45, 2.75) is 18.7 Å². The number of carbonyl (C=O) groups is 2. The third-order valence-electron chi connectivity index (χ3n) is 2.64. The number of benzene rings is 1. The molecule has 22 heavy (non-hydrogen) atoms. The number of thioether (sulfide) groups is 1. The van der Waals surface area contributed by atoms with Crippen LogP contribution in [0.3, 0.4) is 0 Å². The zero-order chi connectivity index (χ0) is 15.9. The highest BCUT2D eigenvalue weighted by Crippen LogP contribution is 2.24. The van der Waals surface area contributed by atoms with E-state index in [1.165, 1.54) is 11.3 Å². The van der Waals surface area contributed by atoms with Crippen LogP contribution in [0, 0.1) is 0 Å². The largest absolute Gasteiger partial charge is 0.461 e. The molecular weight excluding hydrogens is 320 g/mol. The van der Waals surface area contributed by atoms with Crippen molar-refractivity contribution in [3.8, 4) is 0 Å². The number of ether oxygens (including phenoxy) is 1. The second kappa shape index (κ2) is 7.95. The average molecular weight is 336 g/mol. The van der Waals surface area contributed by atoms with Crippen molar-refractivity contribution >= 4 is 40.1 Å². The topological polar surface area (TPSA) is 68.3 Å². The van der Waals surface area contributed by atoms with Gasteiger partial charge in [-0.05, 0) is 24.8 Å². The molecule has 0 atom stereocenters. The summed E-state index contributed by atoms with van der Waals surface area (Å²) in [5.41, 5.74) is 0.806. The summed E-state index contributed by atoms with van der Waals surface area (Å²) >= 11 is 2.80. The van der Waals surface area contributed by atoms with Crippen molar-refractivity contribution in [2.75, 3.05) is 17.7 Å². The second-order valence-electron chi connectivity index (χ2n) is 4.14. The number of hydrogen-bond donors (Lipinski definition) is 1. The van der Waals surface area contributed by atoms with Gasteiger partial charge in [-0.15, -0.1) is 23.1 Å². The van der Waals surface area contributed by atoms with Gasteiger partial charge in [0.25, 0.3) is 5.91 Å². The summed E-state index contributed by atoms with van der Waals surface area (Å²) in [5.74, 6) is 0.164. The van der Waals surface area contributed by atoms with Gasteiger partial charge in [0.15, 0.2) is 10.8 Å². The van der Waals surface area contributed by atoms with E-state index >= 15 is 0 Å². The van der Waals surface area contributed by atoms with Crippen LogP contribution in [0.1, 0.15) is 34.7 Å². The van der Waals surface area contributed by atoms with Crippen molar-refractivity contribution in [1.29, 1.82) is 0 Å². The number of aromatic nitrogens is 1. The zero-order valence-electron chi connectivity index (χ0n) is 12.3. The predicted molar refractivity (Wildman–Crippen MR) is 88.9 cm³/mol. The highest BCUT2D eigenvalue weighted by atomic mass is 32.2. The molecule has 2 rings (SSSR count). The smallest absolute Gasteiger partial charge is 0.357 e. The van der Waals surface area contributed by atoms with E-state index in [4.69, 9.17) is 4.74 Å². The maximum Gasteiger partial charge on any atom is 0.357 e. The van der Waals surface area contributed by atoms with Crippen LogP contribution >= 0.6 is 23.1 Å². The Morgan fingerprint density at radius 1 is 1.32 bits per heavy atom. The molecule has 0 saturated carbocycles. The quantitative estimate of drug-likeness (QED) is 0.644. The number of amides is 1. The molecule has 2 aromatic rings. The van der Waals surface area contributed by atoms with Crippen molar-refractivity contribution in [1.82, 2.24) is 4.98 Å². The lowest BCUT2D eigenvalue weighted by Gasteiger charge is -2.07. The van der Waals surface area contributed by atoms with Crippen LogP contribution in [0.15, 0.2) is 34.5 Å². The first kappa shape index (κ1) is 16.5. The summed E-state index contributed by atoms with van der Waals surface area (Å²) in [6.07, 6.45) is 0. The number of hydrogen-bond acceptors (Lipinski definition) is 6. The van der Waals surface area contributed by atoms with E-state index in [1.54, 1.807) is 30.1 Å². The molecule has 116 valence electrons. The minimum absolute atomic E-state index is 0.207. The lowest BCUT2D eigenvalue weighted by molar-refractivity contribution is 0.0520. The van der Waals surface area contributed by atoms with Crippen LogP contribution in [0.25, 0.3) is 0 Å². The summed E-state index contributed by atoms with van der Waals surface area (Å²) in [5, 5.41) is 4.67. The Morgan fingerprint density at radius 3 is 2.82 bits per heavy atom. The van der Waals surface area contributed by atoms with Gasteiger partial charge in [-0.25, -0.2) is 9.78 Å². The fraction of sp³-hybridized carbons (Fsp3) is 0.267. The van der Waals surface area contributed by atoms with Gasteiger partial charge in [-0.2, -0.15) is 0 Å². The fourth-order valence-electron chi connectivity index (χ4n) is 1.73. The van der Waals surface area contributed by atoms with E-state index in [9.17, 15) is 9.59 Å². The first-order chi connectivity index (χ1) is 10.7. The number of nitrogens with one attached hydrogen (secondary N) is 1. The fourth-order valence-corrected chi connectivity index (χ4v) is 3.21. The molecule has 1 aromatic heterocycles. The Labute approximate surface area is 137 Å². The number of anilines is 1. The molecule has 0 aliphatic rings. The minimum atomic E-state index is -0.485. The molecule has 0 aliphatic heterocycles. The molecule has 0 aliphatic carbocycles. The number of thiazole rings is 1. The van der Waals surface area contributed by atoms with E-state index in [0.717, 1.165) is 10.6 Å². The Morgan fingerprint density at radius 2 is 2.09 bits per heavy atom. The lowest BCUT2D eigenvalue weighted by atomic mass is 10.2. The number of nitrogens with zero attached hydrogens (tertiary/aromatic N) is 1. The SMILES string of the molecule is CCOC(=O)c1csc(NC(=O)c2ccccc2SCC)n1. The standard InChI is InChI=1S/C15H16N2O3S2/c1-3-20-14(19)11-9-22-15(16-11)17-13(18)10-7-5-6-8-12(10)21-4-2/h5-9H,3-4H2,1-2H3,(H,16,17,18). The van der Waals surface area contributed by atoms with Gasteiger partial charge in [0.1, 0.15) is 0 Å². The Kier molecular flexibility index (Phi) is 5.97. The van der Waals surface area contributed by atoms with E-state index in [1.807, 2.05) is 25.1 Å². The lowest BCUT2D eigenvalue weighted by Crippen LogP contribution is -2.13. The molecule has 0 radical (unpaired) electrons. The molecule has 1 N–H and O–H groups in total. The molecule has 1 heterocycles. The van der Waals surface area contributed by atoms with E-state index in [-0.39, 0.29) is 11.6 Å². The third-order valence-corrected chi connectivity index (χ3v) is 4.35. The normalized spacial score (nSPS) is 10.3. The zero-order valence-corrected chi connectivity index (χ0v) is 13.9. The number of carbonyl (C=O) groups excluding carboxylic acids is 2. The van der Waals surface area contributed by atoms with E-state index < -0.39 is 5.97 Å². The highest BCUT2D eigenvalue weighted by Gasteiger charge is 2.15. The monoisotopic (exact) mass is 336 g/mol. The van der Waals surface area contributed by atoms with Crippen LogP contribution in [-0.2, 0) is 4.74 Å². The molecule has 5 nitrogen and oxygen atoms in total. The number of rotatable bonds is 6. The Bertz CT molecular complexity index is 670. The van der Waals surface area contributed by atoms with E-state index in [0.29, 0.717) is 17.3 Å². The van der Waals surface area contributed by atoms with Gasteiger partial charge in [0, 0.05) is 10.3 Å². The predicted octanol–water partition coefficient (Wildman–Crippen LogP) is 3.68. The van der Waals surface area contributed by atoms with Crippen molar-refractivity contribution in [3.63, 3.8) is 0 Å². The van der Waals surface area contributed by atoms with Crippen LogP contribution in [0.4, 0.5) is 5.13 Å². The first-order valence-corrected chi connectivity index (χ1v) is 8.68. The molecule has 0 spiro atoms. The van der Waals surface area contributed by atoms with Gasteiger partial charge in [-0.3, -0.25) is 10.1 Å². The molecule has 0 fully saturated rings. The van der Waals surface area contributed by atoms with Crippen molar-refractivity contribution in [3.05, 3.63) is 40.9 Å². The third kappa shape index (κ3) is 4.08. The van der Waals surface area contributed by atoms with Gasteiger partial charge in [0.2, 0.25) is 0 Å². The second-order valence-corrected chi connectivity index (χ2v) is 6.31. The first-order valence-electron chi connectivity index (χ1n) is 6.81. The molecular formula is C15H16N2O3S2. The van der Waals surface area contributed by atoms with E-state index in [2.05, 4.69) is 10.3 Å². The molecule has 0 unspecified atom stereocenters. The van der Waals surface area contributed by atoms with Crippen LogP contribution < -0.4 is 5.32 Å². The average Bonchev–Trinajstić information content (AvgIpc) is 2.97. The van der Waals surface area contributed by atoms with Gasteiger partial charge in [0.05, 0.1) is 12.2 Å². The molecule has 0 bridgehead atoms. The summed E-state index contributed by atoms with van der Waals surface area (Å²) in [6.45, 7) is 4.06. The molecule has 0 saturated heterocycles. The number of esters is 1. The Balaban J connectivity index is 2.11. The molecule has 7 heteroatoms. The van der Waals surface area contributed by atoms with Crippen LogP contribution in [0.5, 0.6) is 0 Å². The highest BCUT2D eigenvalue weighted by molar-refractivity contribution is 7.99. The van der Waals surface area contributed by atoms with Gasteiger partial charge >= 0.3 is 5.97 Å². The Hall–Kier alpha value is -1.86. The van der Waals surface area contributed by atoms with Gasteiger partial charge < -0.3 is 4.74 Å². The molecule has 1 aromatic carbocycles. The summed E-state index contributed by atoms with van der Waals surface area (Å²) in [6, 6.07) is 7.40. The molecule has 1 amide bonds. The summed E-state index contributed by atoms with van der Waals surface area (Å²) in [7, 11) is 0. The van der Waals surface area contributed by atoms with Gasteiger partial charge in [-0.1, -0.05) is 19.1 Å². The maximum absolute atomic E-state index is 12.3. The van der Waals surface area contributed by atoms with Crippen molar-refractivity contribution in [2.24, 2.45) is 0 Å². The van der Waals surface area contributed by atoms with Crippen molar-refractivity contribution < 1.29 is 14.3 Å².